The third-order valence-electron chi connectivity index (χ3n) is 4.59. The molecule has 1 aliphatic heterocycles. The average molecular weight is 385 g/mol. The van der Waals surface area contributed by atoms with Crippen molar-refractivity contribution in [1.29, 1.82) is 0 Å². The molecule has 0 bridgehead atoms. The molecular weight excluding hydrogens is 371 g/mol. The van der Waals surface area contributed by atoms with Crippen LogP contribution >= 0.6 is 0 Å². The van der Waals surface area contributed by atoms with Gasteiger partial charge in [-0.3, -0.25) is 4.79 Å². The standard InChI is InChI=1S/C20H14F3N3O2/c21-20(22,23)19(28)10-11-24-26(19)18(27)15-12-17(13-6-2-1-3-7-13)25-16-9-5-4-8-14(15)16/h1-9,11-12,28H,10H2/t19-/m0/s1. The number of aromatic nitrogens is 1. The zero-order chi connectivity index (χ0) is 19.9. The number of pyridine rings is 1. The van der Waals surface area contributed by atoms with Gasteiger partial charge in [0.25, 0.3) is 11.6 Å². The SMILES string of the molecule is O=C(c1cc(-c2ccccc2)nc2ccccc12)N1N=CC[C@]1(O)C(F)(F)F. The number of hydrazone groups is 1. The summed E-state index contributed by atoms with van der Waals surface area (Å²) in [5.41, 5.74) is -1.81. The van der Waals surface area contributed by atoms with Crippen molar-refractivity contribution in [2.24, 2.45) is 5.10 Å². The fourth-order valence-corrected chi connectivity index (χ4v) is 3.11. The Morgan fingerprint density at radius 1 is 1.07 bits per heavy atom. The van der Waals surface area contributed by atoms with E-state index >= 15 is 0 Å². The van der Waals surface area contributed by atoms with Gasteiger partial charge in [-0.2, -0.15) is 23.3 Å². The summed E-state index contributed by atoms with van der Waals surface area (Å²) < 4.78 is 40.2. The number of aliphatic hydroxyl groups is 1. The molecule has 4 rings (SSSR count). The van der Waals surface area contributed by atoms with E-state index in [9.17, 15) is 23.1 Å². The summed E-state index contributed by atoms with van der Waals surface area (Å²) >= 11 is 0. The summed E-state index contributed by atoms with van der Waals surface area (Å²) in [7, 11) is 0. The van der Waals surface area contributed by atoms with Gasteiger partial charge in [0.1, 0.15) is 0 Å². The number of hydrogen-bond donors (Lipinski definition) is 1. The summed E-state index contributed by atoms with van der Waals surface area (Å²) in [4.78, 5) is 17.5. The van der Waals surface area contributed by atoms with Crippen LogP contribution in [0.1, 0.15) is 16.8 Å². The Labute approximate surface area is 157 Å². The van der Waals surface area contributed by atoms with Crippen molar-refractivity contribution in [3.05, 3.63) is 66.2 Å². The van der Waals surface area contributed by atoms with Crippen molar-refractivity contribution >= 4 is 23.0 Å². The highest BCUT2D eigenvalue weighted by Gasteiger charge is 2.61. The number of halogens is 3. The summed E-state index contributed by atoms with van der Waals surface area (Å²) in [6.07, 6.45) is -4.99. The number of carbonyl (C=O) groups is 1. The van der Waals surface area contributed by atoms with Gasteiger partial charge in [-0.1, -0.05) is 48.5 Å². The maximum Gasteiger partial charge on any atom is 0.438 e. The number of rotatable bonds is 2. The van der Waals surface area contributed by atoms with E-state index in [1.165, 1.54) is 6.07 Å². The number of alkyl halides is 3. The van der Waals surface area contributed by atoms with Crippen LogP contribution in [0.2, 0.25) is 0 Å². The monoisotopic (exact) mass is 385 g/mol. The number of carbonyl (C=O) groups excluding carboxylic acids is 1. The molecule has 1 N–H and O–H groups in total. The van der Waals surface area contributed by atoms with Gasteiger partial charge in [0.05, 0.1) is 16.8 Å². The van der Waals surface area contributed by atoms with Gasteiger partial charge in [0.2, 0.25) is 0 Å². The molecule has 8 heteroatoms. The van der Waals surface area contributed by atoms with Gasteiger partial charge >= 0.3 is 6.18 Å². The first kappa shape index (κ1) is 18.1. The van der Waals surface area contributed by atoms with Crippen LogP contribution < -0.4 is 0 Å². The minimum absolute atomic E-state index is 0.0221. The van der Waals surface area contributed by atoms with Gasteiger partial charge in [0, 0.05) is 23.6 Å². The molecule has 0 unspecified atom stereocenters. The van der Waals surface area contributed by atoms with Gasteiger partial charge < -0.3 is 5.11 Å². The van der Waals surface area contributed by atoms with E-state index in [2.05, 4.69) is 10.1 Å². The van der Waals surface area contributed by atoms with Crippen molar-refractivity contribution in [2.45, 2.75) is 18.3 Å². The lowest BCUT2D eigenvalue weighted by Gasteiger charge is -2.32. The summed E-state index contributed by atoms with van der Waals surface area (Å²) in [5, 5.41) is 14.1. The fraction of sp³-hybridized carbons (Fsp3) is 0.150. The maximum atomic E-state index is 13.4. The first-order valence-electron chi connectivity index (χ1n) is 8.42. The molecule has 1 atom stereocenters. The molecule has 3 aromatic rings. The van der Waals surface area contributed by atoms with Crippen LogP contribution in [0.4, 0.5) is 13.2 Å². The van der Waals surface area contributed by atoms with Crippen LogP contribution in [0, 0.1) is 0 Å². The fourth-order valence-electron chi connectivity index (χ4n) is 3.11. The van der Waals surface area contributed by atoms with Crippen molar-refractivity contribution < 1.29 is 23.1 Å². The minimum Gasteiger partial charge on any atom is -0.362 e. The van der Waals surface area contributed by atoms with Gasteiger partial charge in [-0.25, -0.2) is 4.98 Å². The zero-order valence-electron chi connectivity index (χ0n) is 14.4. The number of fused-ring (bicyclic) bond motifs is 1. The normalized spacial score (nSPS) is 19.4. The van der Waals surface area contributed by atoms with Crippen LogP contribution in [0.5, 0.6) is 0 Å². The number of para-hydroxylation sites is 1. The van der Waals surface area contributed by atoms with E-state index in [0.717, 1.165) is 6.21 Å². The lowest BCUT2D eigenvalue weighted by molar-refractivity contribution is -0.297. The Bertz CT molecular complexity index is 1080. The molecule has 0 fully saturated rings. The van der Waals surface area contributed by atoms with E-state index in [4.69, 9.17) is 0 Å². The third-order valence-corrected chi connectivity index (χ3v) is 4.59. The summed E-state index contributed by atoms with van der Waals surface area (Å²) in [6.45, 7) is 0. The van der Waals surface area contributed by atoms with Crippen LogP contribution in [0.25, 0.3) is 22.2 Å². The van der Waals surface area contributed by atoms with E-state index in [1.807, 2.05) is 6.07 Å². The quantitative estimate of drug-likeness (QED) is 0.726. The van der Waals surface area contributed by atoms with Gasteiger partial charge in [-0.15, -0.1) is 0 Å². The van der Waals surface area contributed by atoms with E-state index in [1.54, 1.807) is 48.5 Å². The highest BCUT2D eigenvalue weighted by atomic mass is 19.4. The molecule has 0 saturated heterocycles. The third kappa shape index (κ3) is 2.82. The Morgan fingerprint density at radius 3 is 2.46 bits per heavy atom. The molecule has 2 heterocycles. The minimum atomic E-state index is -5.05. The first-order chi connectivity index (χ1) is 13.3. The molecule has 28 heavy (non-hydrogen) atoms. The van der Waals surface area contributed by atoms with Gasteiger partial charge in [-0.05, 0) is 12.1 Å². The molecule has 0 spiro atoms. The van der Waals surface area contributed by atoms with E-state index < -0.39 is 24.2 Å². The molecule has 1 aromatic heterocycles. The molecule has 1 aliphatic rings. The Morgan fingerprint density at radius 2 is 1.75 bits per heavy atom. The Kier molecular flexibility index (Phi) is 4.15. The second-order valence-corrected chi connectivity index (χ2v) is 6.37. The second-order valence-electron chi connectivity index (χ2n) is 6.37. The lowest BCUT2D eigenvalue weighted by Crippen LogP contribution is -2.56. The highest BCUT2D eigenvalue weighted by Crippen LogP contribution is 2.40. The highest BCUT2D eigenvalue weighted by molar-refractivity contribution is 6.07. The molecular formula is C20H14F3N3O2. The number of benzene rings is 2. The lowest BCUT2D eigenvalue weighted by atomic mass is 10.0. The molecule has 0 saturated carbocycles. The maximum absolute atomic E-state index is 13.4. The second kappa shape index (κ2) is 6.42. The summed E-state index contributed by atoms with van der Waals surface area (Å²) in [6, 6.07) is 17.0. The van der Waals surface area contributed by atoms with Crippen LogP contribution in [-0.2, 0) is 0 Å². The molecule has 142 valence electrons. The molecule has 0 radical (unpaired) electrons. The van der Waals surface area contributed by atoms with Crippen molar-refractivity contribution in [2.75, 3.05) is 0 Å². The largest absolute Gasteiger partial charge is 0.438 e. The van der Waals surface area contributed by atoms with Crippen molar-refractivity contribution in [1.82, 2.24) is 9.99 Å². The Hall–Kier alpha value is -3.26. The zero-order valence-corrected chi connectivity index (χ0v) is 14.4. The topological polar surface area (TPSA) is 65.8 Å². The predicted octanol–water partition coefficient (Wildman–Crippen LogP) is 3.98. The predicted molar refractivity (Wildman–Crippen MR) is 97.5 cm³/mol. The molecule has 0 aliphatic carbocycles. The van der Waals surface area contributed by atoms with Gasteiger partial charge in [0.15, 0.2) is 0 Å². The number of nitrogens with zero attached hydrogens (tertiary/aromatic N) is 3. The number of amides is 1. The molecule has 5 nitrogen and oxygen atoms in total. The van der Waals surface area contributed by atoms with Crippen molar-refractivity contribution in [3.8, 4) is 11.3 Å². The van der Waals surface area contributed by atoms with E-state index in [0.29, 0.717) is 22.2 Å². The van der Waals surface area contributed by atoms with Crippen LogP contribution in [0.3, 0.4) is 0 Å². The smallest absolute Gasteiger partial charge is 0.362 e. The first-order valence-corrected chi connectivity index (χ1v) is 8.42. The average Bonchev–Trinajstić information content (AvgIpc) is 3.10. The summed E-state index contributed by atoms with van der Waals surface area (Å²) in [5.74, 6) is -1.05. The molecule has 1 amide bonds. The molecule has 2 aromatic carbocycles. The van der Waals surface area contributed by atoms with E-state index in [-0.39, 0.29) is 10.6 Å². The number of hydrogen-bond acceptors (Lipinski definition) is 4. The van der Waals surface area contributed by atoms with Crippen LogP contribution in [0.15, 0.2) is 65.8 Å². The van der Waals surface area contributed by atoms with Crippen molar-refractivity contribution in [3.63, 3.8) is 0 Å². The van der Waals surface area contributed by atoms with Crippen LogP contribution in [-0.4, -0.2) is 39.1 Å². The Balaban J connectivity index is 1.88.